The normalized spacial score (nSPS) is 28.7. The van der Waals surface area contributed by atoms with Gasteiger partial charge in [0.1, 0.15) is 0 Å². The number of nitrogens with zero attached hydrogens (tertiary/aromatic N) is 1. The largest absolute Gasteiger partial charge is 0.326 e. The Morgan fingerprint density at radius 3 is 3.15 bits per heavy atom. The lowest BCUT2D eigenvalue weighted by Gasteiger charge is -2.29. The fraction of sp³-hybridized carbons (Fsp3) is 0.500. The van der Waals surface area contributed by atoms with Crippen LogP contribution in [0.15, 0.2) is 24.5 Å². The van der Waals surface area contributed by atoms with Crippen molar-refractivity contribution in [3.8, 4) is 0 Å². The van der Waals surface area contributed by atoms with E-state index in [1.807, 2.05) is 12.3 Å². The van der Waals surface area contributed by atoms with Gasteiger partial charge in [0.05, 0.1) is 0 Å². The topological polar surface area (TPSA) is 50.9 Å². The summed E-state index contributed by atoms with van der Waals surface area (Å²) in [7, 11) is 0. The van der Waals surface area contributed by atoms with Crippen LogP contribution in [0, 0.1) is 0 Å². The molecular weight excluding hydrogens is 162 g/mol. The van der Waals surface area contributed by atoms with Crippen molar-refractivity contribution in [2.45, 2.75) is 24.9 Å². The van der Waals surface area contributed by atoms with Gasteiger partial charge in [-0.2, -0.15) is 0 Å². The Labute approximate surface area is 78.4 Å². The Balaban J connectivity index is 2.15. The second-order valence-corrected chi connectivity index (χ2v) is 3.52. The molecule has 3 nitrogen and oxygen atoms in total. The molecule has 0 aliphatic carbocycles. The number of hydrogen-bond donors (Lipinski definition) is 2. The number of nitrogens with one attached hydrogen (secondary N) is 1. The van der Waals surface area contributed by atoms with E-state index in [9.17, 15) is 0 Å². The van der Waals surface area contributed by atoms with Gasteiger partial charge in [0, 0.05) is 24.5 Å². The minimum absolute atomic E-state index is 0.234. The fourth-order valence-corrected chi connectivity index (χ4v) is 1.84. The second kappa shape index (κ2) is 3.85. The smallest absolute Gasteiger partial charge is 0.0489 e. The summed E-state index contributed by atoms with van der Waals surface area (Å²) < 4.78 is 0. The number of nitrogens with two attached hydrogens (primary N) is 1. The van der Waals surface area contributed by atoms with Crippen molar-refractivity contribution in [3.63, 3.8) is 0 Å². The summed E-state index contributed by atoms with van der Waals surface area (Å²) >= 11 is 0. The quantitative estimate of drug-likeness (QED) is 0.668. The summed E-state index contributed by atoms with van der Waals surface area (Å²) in [4.78, 5) is 4.10. The summed E-state index contributed by atoms with van der Waals surface area (Å²) in [5, 5.41) is 3.42. The Bertz CT molecular complexity index is 260. The highest BCUT2D eigenvalue weighted by Gasteiger charge is 2.22. The molecule has 13 heavy (non-hydrogen) atoms. The van der Waals surface area contributed by atoms with Gasteiger partial charge in [0.2, 0.25) is 0 Å². The Kier molecular flexibility index (Phi) is 2.57. The third kappa shape index (κ3) is 1.87. The molecule has 2 atom stereocenters. The van der Waals surface area contributed by atoms with E-state index in [4.69, 9.17) is 5.73 Å². The van der Waals surface area contributed by atoms with Crippen molar-refractivity contribution in [1.29, 1.82) is 0 Å². The molecule has 2 rings (SSSR count). The number of aromatic nitrogens is 1. The highest BCUT2D eigenvalue weighted by Crippen LogP contribution is 2.20. The van der Waals surface area contributed by atoms with Crippen molar-refractivity contribution in [2.75, 3.05) is 6.54 Å². The van der Waals surface area contributed by atoms with Gasteiger partial charge in [-0.05, 0) is 31.0 Å². The molecule has 70 valence electrons. The highest BCUT2D eigenvalue weighted by atomic mass is 15.0. The van der Waals surface area contributed by atoms with Crippen LogP contribution in [-0.4, -0.2) is 17.6 Å². The summed E-state index contributed by atoms with van der Waals surface area (Å²) in [5.41, 5.74) is 7.22. The molecule has 3 heteroatoms. The van der Waals surface area contributed by atoms with Gasteiger partial charge in [-0.25, -0.2) is 0 Å². The second-order valence-electron chi connectivity index (χ2n) is 3.52. The van der Waals surface area contributed by atoms with Crippen LogP contribution < -0.4 is 11.1 Å². The lowest BCUT2D eigenvalue weighted by Crippen LogP contribution is -2.42. The van der Waals surface area contributed by atoms with Crippen molar-refractivity contribution < 1.29 is 0 Å². The molecule has 2 unspecified atom stereocenters. The number of rotatable bonds is 1. The standard InChI is InChI=1S/C10H15N3/c11-9-4-2-6-13-10(9)8-3-1-5-12-7-8/h1,3,5,7,9-10,13H,2,4,6,11H2. The number of pyridine rings is 1. The molecule has 0 amide bonds. The lowest BCUT2D eigenvalue weighted by atomic mass is 9.94. The maximum Gasteiger partial charge on any atom is 0.0489 e. The third-order valence-electron chi connectivity index (χ3n) is 2.55. The predicted octanol–water partition coefficient (Wildman–Crippen LogP) is 0.833. The van der Waals surface area contributed by atoms with E-state index in [-0.39, 0.29) is 6.04 Å². The van der Waals surface area contributed by atoms with Crippen LogP contribution in [0.25, 0.3) is 0 Å². The molecule has 1 fully saturated rings. The van der Waals surface area contributed by atoms with Gasteiger partial charge in [0.25, 0.3) is 0 Å². The first-order chi connectivity index (χ1) is 6.38. The predicted molar refractivity (Wildman–Crippen MR) is 52.2 cm³/mol. The van der Waals surface area contributed by atoms with Gasteiger partial charge in [-0.15, -0.1) is 0 Å². The summed E-state index contributed by atoms with van der Waals surface area (Å²) in [5.74, 6) is 0. The van der Waals surface area contributed by atoms with Crippen LogP contribution in [-0.2, 0) is 0 Å². The van der Waals surface area contributed by atoms with Crippen molar-refractivity contribution >= 4 is 0 Å². The molecular formula is C10H15N3. The SMILES string of the molecule is NC1CCCNC1c1cccnc1. The van der Waals surface area contributed by atoms with E-state index in [0.717, 1.165) is 13.0 Å². The molecule has 1 aliphatic heterocycles. The Morgan fingerprint density at radius 1 is 1.54 bits per heavy atom. The Morgan fingerprint density at radius 2 is 2.46 bits per heavy atom. The van der Waals surface area contributed by atoms with Crippen LogP contribution >= 0.6 is 0 Å². The van der Waals surface area contributed by atoms with Gasteiger partial charge in [-0.3, -0.25) is 4.98 Å². The van der Waals surface area contributed by atoms with Crippen LogP contribution in [0.3, 0.4) is 0 Å². The lowest BCUT2D eigenvalue weighted by molar-refractivity contribution is 0.358. The number of hydrogen-bond acceptors (Lipinski definition) is 3. The monoisotopic (exact) mass is 177 g/mol. The fourth-order valence-electron chi connectivity index (χ4n) is 1.84. The molecule has 0 spiro atoms. The first-order valence-electron chi connectivity index (χ1n) is 4.77. The van der Waals surface area contributed by atoms with Gasteiger partial charge < -0.3 is 11.1 Å². The average molecular weight is 177 g/mol. The molecule has 2 heterocycles. The summed E-state index contributed by atoms with van der Waals surface area (Å²) in [6.07, 6.45) is 5.96. The molecule has 0 aromatic carbocycles. The van der Waals surface area contributed by atoms with Crippen LogP contribution in [0.4, 0.5) is 0 Å². The molecule has 1 aromatic rings. The first-order valence-corrected chi connectivity index (χ1v) is 4.77. The molecule has 0 radical (unpaired) electrons. The van der Waals surface area contributed by atoms with Gasteiger partial charge >= 0.3 is 0 Å². The number of piperidine rings is 1. The summed E-state index contributed by atoms with van der Waals surface area (Å²) in [6, 6.07) is 4.56. The van der Waals surface area contributed by atoms with Crippen molar-refractivity contribution in [2.24, 2.45) is 5.73 Å². The van der Waals surface area contributed by atoms with E-state index < -0.39 is 0 Å². The van der Waals surface area contributed by atoms with E-state index in [0.29, 0.717) is 6.04 Å². The van der Waals surface area contributed by atoms with Crippen molar-refractivity contribution in [3.05, 3.63) is 30.1 Å². The van der Waals surface area contributed by atoms with E-state index >= 15 is 0 Å². The maximum absolute atomic E-state index is 6.02. The Hall–Kier alpha value is -0.930. The van der Waals surface area contributed by atoms with Gasteiger partial charge in [-0.1, -0.05) is 6.07 Å². The summed E-state index contributed by atoms with van der Waals surface area (Å²) in [6.45, 7) is 1.06. The molecule has 3 N–H and O–H groups in total. The van der Waals surface area contributed by atoms with Crippen molar-refractivity contribution in [1.82, 2.24) is 10.3 Å². The molecule has 1 saturated heterocycles. The van der Waals surface area contributed by atoms with Crippen LogP contribution in [0.1, 0.15) is 24.4 Å². The molecule has 0 saturated carbocycles. The maximum atomic E-state index is 6.02. The zero-order valence-corrected chi connectivity index (χ0v) is 7.61. The zero-order chi connectivity index (χ0) is 9.10. The first kappa shape index (κ1) is 8.66. The molecule has 1 aromatic heterocycles. The van der Waals surface area contributed by atoms with Crippen LogP contribution in [0.5, 0.6) is 0 Å². The average Bonchev–Trinajstić information content (AvgIpc) is 2.20. The van der Waals surface area contributed by atoms with Crippen LogP contribution in [0.2, 0.25) is 0 Å². The molecule has 0 bridgehead atoms. The van der Waals surface area contributed by atoms with E-state index in [2.05, 4.69) is 16.4 Å². The minimum atomic E-state index is 0.234. The zero-order valence-electron chi connectivity index (χ0n) is 7.61. The van der Waals surface area contributed by atoms with Gasteiger partial charge in [0.15, 0.2) is 0 Å². The minimum Gasteiger partial charge on any atom is -0.326 e. The third-order valence-corrected chi connectivity index (χ3v) is 2.55. The highest BCUT2D eigenvalue weighted by molar-refractivity contribution is 5.16. The van der Waals surface area contributed by atoms with E-state index in [1.54, 1.807) is 6.20 Å². The molecule has 1 aliphatic rings. The van der Waals surface area contributed by atoms with E-state index in [1.165, 1.54) is 12.0 Å².